The Kier molecular flexibility index (Phi) is 2.82. The quantitative estimate of drug-likeness (QED) is 0.684. The summed E-state index contributed by atoms with van der Waals surface area (Å²) in [4.78, 5) is 4.31. The van der Waals surface area contributed by atoms with Gasteiger partial charge in [0.05, 0.1) is 27.1 Å². The van der Waals surface area contributed by atoms with Gasteiger partial charge in [-0.3, -0.25) is 0 Å². The maximum absolute atomic E-state index is 6.08. The summed E-state index contributed by atoms with van der Waals surface area (Å²) in [7, 11) is 0. The fraction of sp³-hybridized carbons (Fsp3) is 0.100. The van der Waals surface area contributed by atoms with Crippen molar-refractivity contribution in [3.8, 4) is 0 Å². The molecule has 0 aliphatic carbocycles. The van der Waals surface area contributed by atoms with Gasteiger partial charge < -0.3 is 0 Å². The van der Waals surface area contributed by atoms with E-state index in [1.807, 2.05) is 24.3 Å². The molecule has 0 spiro atoms. The number of rotatable bonds is 1. The van der Waals surface area contributed by atoms with Crippen LogP contribution in [0, 0.1) is 0 Å². The van der Waals surface area contributed by atoms with Crippen molar-refractivity contribution in [2.45, 2.75) is 5.88 Å². The van der Waals surface area contributed by atoms with Crippen molar-refractivity contribution in [2.75, 3.05) is 0 Å². The average Bonchev–Trinajstić information content (AvgIpc) is 2.23. The fourth-order valence-electron chi connectivity index (χ4n) is 1.28. The molecule has 0 atom stereocenters. The van der Waals surface area contributed by atoms with Crippen molar-refractivity contribution in [3.63, 3.8) is 0 Å². The molecule has 1 aromatic carbocycles. The first-order valence-corrected chi connectivity index (χ1v) is 5.31. The van der Waals surface area contributed by atoms with Crippen molar-refractivity contribution >= 4 is 45.7 Å². The lowest BCUT2D eigenvalue weighted by molar-refractivity contribution is 1.22. The second-order valence-electron chi connectivity index (χ2n) is 2.84. The highest BCUT2D eigenvalue weighted by Gasteiger charge is 2.10. The highest BCUT2D eigenvalue weighted by molar-refractivity contribution is 6.45. The number of halogens is 3. The van der Waals surface area contributed by atoms with Crippen LogP contribution in [-0.4, -0.2) is 4.98 Å². The third-order valence-electron chi connectivity index (χ3n) is 1.97. The first kappa shape index (κ1) is 10.0. The van der Waals surface area contributed by atoms with Crippen molar-refractivity contribution < 1.29 is 0 Å². The molecule has 4 heteroatoms. The fourth-order valence-corrected chi connectivity index (χ4v) is 2.03. The zero-order chi connectivity index (χ0) is 10.1. The molecule has 72 valence electrons. The molecule has 0 radical (unpaired) electrons. The summed E-state index contributed by atoms with van der Waals surface area (Å²) in [5, 5.41) is 1.82. The summed E-state index contributed by atoms with van der Waals surface area (Å²) in [5.74, 6) is 0.267. The van der Waals surface area contributed by atoms with Gasteiger partial charge in [-0.05, 0) is 6.07 Å². The second kappa shape index (κ2) is 3.93. The van der Waals surface area contributed by atoms with Gasteiger partial charge in [-0.2, -0.15) is 0 Å². The minimum atomic E-state index is 0.267. The van der Waals surface area contributed by atoms with Gasteiger partial charge in [-0.1, -0.05) is 41.4 Å². The van der Waals surface area contributed by atoms with Crippen LogP contribution in [0.5, 0.6) is 0 Å². The molecule has 0 saturated heterocycles. The monoisotopic (exact) mass is 245 g/mol. The summed E-state index contributed by atoms with van der Waals surface area (Å²) in [5.41, 5.74) is 1.44. The van der Waals surface area contributed by atoms with Crippen molar-refractivity contribution in [1.29, 1.82) is 0 Å². The van der Waals surface area contributed by atoms with Gasteiger partial charge in [0.2, 0.25) is 0 Å². The number of fused-ring (bicyclic) bond motifs is 1. The molecular weight excluding hydrogens is 240 g/mol. The number of alkyl halides is 1. The average molecular weight is 247 g/mol. The van der Waals surface area contributed by atoms with Gasteiger partial charge in [-0.25, -0.2) is 4.98 Å². The minimum Gasteiger partial charge on any atom is -0.250 e. The molecule has 0 saturated carbocycles. The lowest BCUT2D eigenvalue weighted by atomic mass is 10.2. The number of para-hydroxylation sites is 1. The molecule has 0 bridgehead atoms. The highest BCUT2D eigenvalue weighted by Crippen LogP contribution is 2.32. The zero-order valence-corrected chi connectivity index (χ0v) is 9.37. The Morgan fingerprint density at radius 3 is 2.50 bits per heavy atom. The molecule has 0 aliphatic rings. The Balaban J connectivity index is 2.85. The summed E-state index contributed by atoms with van der Waals surface area (Å²) in [6.07, 6.45) is 0. The predicted molar refractivity (Wildman–Crippen MR) is 61.3 cm³/mol. The van der Waals surface area contributed by atoms with Crippen molar-refractivity contribution in [1.82, 2.24) is 4.98 Å². The molecule has 0 fully saturated rings. The van der Waals surface area contributed by atoms with E-state index in [0.29, 0.717) is 15.7 Å². The van der Waals surface area contributed by atoms with E-state index < -0.39 is 0 Å². The number of benzene rings is 1. The van der Waals surface area contributed by atoms with E-state index in [0.717, 1.165) is 10.9 Å². The van der Waals surface area contributed by atoms with E-state index in [4.69, 9.17) is 34.8 Å². The Hall–Kier alpha value is -0.500. The number of hydrogen-bond donors (Lipinski definition) is 0. The van der Waals surface area contributed by atoms with Crippen LogP contribution in [0.25, 0.3) is 10.9 Å². The van der Waals surface area contributed by atoms with Gasteiger partial charge in [-0.15, -0.1) is 11.6 Å². The van der Waals surface area contributed by atoms with Crippen LogP contribution in [-0.2, 0) is 5.88 Å². The molecule has 1 aromatic heterocycles. The van der Waals surface area contributed by atoms with Crippen molar-refractivity contribution in [2.24, 2.45) is 0 Å². The third kappa shape index (κ3) is 1.56. The van der Waals surface area contributed by atoms with E-state index in [1.165, 1.54) is 0 Å². The summed E-state index contributed by atoms with van der Waals surface area (Å²) >= 11 is 17.8. The van der Waals surface area contributed by atoms with E-state index >= 15 is 0 Å². The van der Waals surface area contributed by atoms with Gasteiger partial charge in [0.25, 0.3) is 0 Å². The van der Waals surface area contributed by atoms with Crippen LogP contribution in [0.1, 0.15) is 5.69 Å². The molecule has 14 heavy (non-hydrogen) atoms. The Morgan fingerprint density at radius 1 is 1.07 bits per heavy atom. The third-order valence-corrected chi connectivity index (χ3v) is 3.12. The van der Waals surface area contributed by atoms with Crippen LogP contribution < -0.4 is 0 Å². The minimum absolute atomic E-state index is 0.267. The Labute approximate surface area is 96.6 Å². The van der Waals surface area contributed by atoms with Crippen LogP contribution in [0.4, 0.5) is 0 Å². The molecule has 1 nitrogen and oxygen atoms in total. The lowest BCUT2D eigenvalue weighted by Gasteiger charge is -2.05. The molecule has 0 N–H and O–H groups in total. The lowest BCUT2D eigenvalue weighted by Crippen LogP contribution is -1.90. The molecule has 0 aliphatic heterocycles. The van der Waals surface area contributed by atoms with Crippen LogP contribution >= 0.6 is 34.8 Å². The summed E-state index contributed by atoms with van der Waals surface area (Å²) in [6, 6.07) is 7.56. The van der Waals surface area contributed by atoms with E-state index in [9.17, 15) is 0 Å². The molecule has 2 aromatic rings. The molecule has 2 rings (SSSR count). The standard InChI is InChI=1S/C10H6Cl3N/c11-5-8-10(13)9(12)6-3-1-2-4-7(6)14-8/h1-4H,5H2. The van der Waals surface area contributed by atoms with Crippen LogP contribution in [0.15, 0.2) is 24.3 Å². The van der Waals surface area contributed by atoms with Gasteiger partial charge >= 0.3 is 0 Å². The van der Waals surface area contributed by atoms with Crippen LogP contribution in [0.2, 0.25) is 10.0 Å². The van der Waals surface area contributed by atoms with Gasteiger partial charge in [0, 0.05) is 5.39 Å². The number of hydrogen-bond acceptors (Lipinski definition) is 1. The first-order chi connectivity index (χ1) is 6.74. The van der Waals surface area contributed by atoms with E-state index in [1.54, 1.807) is 0 Å². The van der Waals surface area contributed by atoms with E-state index in [2.05, 4.69) is 4.98 Å². The molecule has 0 unspecified atom stereocenters. The van der Waals surface area contributed by atoms with Gasteiger partial charge in [0.15, 0.2) is 0 Å². The first-order valence-electron chi connectivity index (χ1n) is 4.02. The molecule has 1 heterocycles. The van der Waals surface area contributed by atoms with Crippen molar-refractivity contribution in [3.05, 3.63) is 40.0 Å². The van der Waals surface area contributed by atoms with E-state index in [-0.39, 0.29) is 5.88 Å². The van der Waals surface area contributed by atoms with Gasteiger partial charge in [0.1, 0.15) is 0 Å². The zero-order valence-electron chi connectivity index (χ0n) is 7.10. The smallest absolute Gasteiger partial charge is 0.0826 e. The normalized spacial score (nSPS) is 10.8. The number of pyridine rings is 1. The Morgan fingerprint density at radius 2 is 1.79 bits per heavy atom. The topological polar surface area (TPSA) is 12.9 Å². The Bertz CT molecular complexity index is 482. The predicted octanol–water partition coefficient (Wildman–Crippen LogP) is 4.28. The molecular formula is C10H6Cl3N. The van der Waals surface area contributed by atoms with Crippen LogP contribution in [0.3, 0.4) is 0 Å². The summed E-state index contributed by atoms with van der Waals surface area (Å²) in [6.45, 7) is 0. The number of aromatic nitrogens is 1. The second-order valence-corrected chi connectivity index (χ2v) is 3.86. The summed E-state index contributed by atoms with van der Waals surface area (Å²) < 4.78 is 0. The molecule has 0 amide bonds. The highest BCUT2D eigenvalue weighted by atomic mass is 35.5. The maximum atomic E-state index is 6.08. The maximum Gasteiger partial charge on any atom is 0.0826 e. The number of nitrogens with zero attached hydrogens (tertiary/aromatic N) is 1. The SMILES string of the molecule is ClCc1nc2ccccc2c(Cl)c1Cl. The largest absolute Gasteiger partial charge is 0.250 e.